The molecular weight excluding hydrogens is 282 g/mol. The maximum atomic E-state index is 5.45. The fourth-order valence-corrected chi connectivity index (χ4v) is 2.40. The minimum Gasteiger partial charge on any atom is -0.478 e. The highest BCUT2D eigenvalue weighted by Gasteiger charge is 2.18. The minimum absolute atomic E-state index is 0.638. The number of nitrogens with zero attached hydrogens (tertiary/aromatic N) is 3. The van der Waals surface area contributed by atoms with Gasteiger partial charge in [-0.05, 0) is 26.7 Å². The Labute approximate surface area is 111 Å². The third kappa shape index (κ3) is 3.31. The van der Waals surface area contributed by atoms with E-state index in [9.17, 15) is 0 Å². The lowest BCUT2D eigenvalue weighted by Crippen LogP contribution is -2.34. The molecule has 0 unspecified atom stereocenters. The van der Waals surface area contributed by atoms with Gasteiger partial charge in [0.15, 0.2) is 0 Å². The van der Waals surface area contributed by atoms with E-state index in [-0.39, 0.29) is 0 Å². The Bertz CT molecular complexity index is 378. The van der Waals surface area contributed by atoms with Crippen LogP contribution in [0.15, 0.2) is 6.07 Å². The Hall–Kier alpha value is -0.840. The maximum absolute atomic E-state index is 5.45. The molecule has 2 rings (SSSR count). The van der Waals surface area contributed by atoms with Crippen LogP contribution in [-0.2, 0) is 0 Å². The molecule has 0 bridgehead atoms. The maximum Gasteiger partial charge on any atom is 0.218 e. The van der Waals surface area contributed by atoms with Crippen LogP contribution in [0.1, 0.15) is 25.6 Å². The summed E-state index contributed by atoms with van der Waals surface area (Å²) >= 11 is 3.66. The zero-order chi connectivity index (χ0) is 12.3. The first-order valence-corrected chi connectivity index (χ1v) is 6.98. The number of aryl methyl sites for hydroxylation is 1. The van der Waals surface area contributed by atoms with Gasteiger partial charge in [-0.1, -0.05) is 15.9 Å². The van der Waals surface area contributed by atoms with E-state index in [1.165, 1.54) is 0 Å². The highest BCUT2D eigenvalue weighted by Crippen LogP contribution is 2.24. The van der Waals surface area contributed by atoms with E-state index in [0.717, 1.165) is 37.6 Å². The lowest BCUT2D eigenvalue weighted by atomic mass is 10.1. The summed E-state index contributed by atoms with van der Waals surface area (Å²) in [6, 6.07) is 1.94. The van der Waals surface area contributed by atoms with Crippen molar-refractivity contribution in [3.63, 3.8) is 0 Å². The molecule has 1 fully saturated rings. The first-order valence-electron chi connectivity index (χ1n) is 6.06. The van der Waals surface area contributed by atoms with Crippen molar-refractivity contribution in [2.24, 2.45) is 0 Å². The van der Waals surface area contributed by atoms with Crippen molar-refractivity contribution < 1.29 is 4.74 Å². The number of ether oxygens (including phenoxy) is 1. The van der Waals surface area contributed by atoms with Crippen LogP contribution < -0.4 is 9.64 Å². The molecular formula is C12H18BrN3O. The zero-order valence-corrected chi connectivity index (χ0v) is 11.9. The normalized spacial score (nSPS) is 17.2. The Morgan fingerprint density at radius 2 is 2.12 bits per heavy atom. The van der Waals surface area contributed by atoms with Crippen LogP contribution in [0.3, 0.4) is 0 Å². The van der Waals surface area contributed by atoms with Crippen molar-refractivity contribution in [1.82, 2.24) is 9.97 Å². The molecule has 0 radical (unpaired) electrons. The molecule has 0 aliphatic carbocycles. The Morgan fingerprint density at radius 3 is 2.76 bits per heavy atom. The molecule has 1 aliphatic rings. The first-order chi connectivity index (χ1) is 8.19. The number of anilines is 1. The van der Waals surface area contributed by atoms with Crippen molar-refractivity contribution in [2.75, 3.05) is 24.6 Å². The Kier molecular flexibility index (Phi) is 4.20. The van der Waals surface area contributed by atoms with Gasteiger partial charge in [0.2, 0.25) is 5.88 Å². The number of aromatic nitrogens is 2. The monoisotopic (exact) mass is 299 g/mol. The molecule has 17 heavy (non-hydrogen) atoms. The highest BCUT2D eigenvalue weighted by molar-refractivity contribution is 9.09. The predicted molar refractivity (Wildman–Crippen MR) is 72.1 cm³/mol. The van der Waals surface area contributed by atoms with E-state index in [2.05, 4.69) is 30.8 Å². The summed E-state index contributed by atoms with van der Waals surface area (Å²) in [6.07, 6.45) is 2.32. The third-order valence-corrected chi connectivity index (χ3v) is 3.76. The van der Waals surface area contributed by atoms with Gasteiger partial charge in [0.1, 0.15) is 11.6 Å². The standard InChI is InChI=1S/C12H18BrN3O/c1-3-17-12-8-11(14-9(2)15-12)16-6-4-10(13)5-7-16/h8,10H,3-7H2,1-2H3. The molecule has 5 heteroatoms. The van der Waals surface area contributed by atoms with Gasteiger partial charge in [0.25, 0.3) is 0 Å². The van der Waals surface area contributed by atoms with Crippen molar-refractivity contribution in [3.8, 4) is 5.88 Å². The van der Waals surface area contributed by atoms with Gasteiger partial charge in [0.05, 0.1) is 6.61 Å². The number of rotatable bonds is 3. The quantitative estimate of drug-likeness (QED) is 0.804. The second-order valence-electron chi connectivity index (χ2n) is 4.21. The Balaban J connectivity index is 2.14. The van der Waals surface area contributed by atoms with Crippen molar-refractivity contribution in [3.05, 3.63) is 11.9 Å². The summed E-state index contributed by atoms with van der Waals surface area (Å²) in [7, 11) is 0. The van der Waals surface area contributed by atoms with E-state index in [4.69, 9.17) is 4.74 Å². The molecule has 1 aromatic heterocycles. The molecule has 0 spiro atoms. The molecule has 1 aliphatic heterocycles. The average Bonchev–Trinajstić information content (AvgIpc) is 2.29. The van der Waals surface area contributed by atoms with Gasteiger partial charge in [-0.2, -0.15) is 4.98 Å². The average molecular weight is 300 g/mol. The summed E-state index contributed by atoms with van der Waals surface area (Å²) in [5.41, 5.74) is 0. The van der Waals surface area contributed by atoms with Gasteiger partial charge in [-0.3, -0.25) is 0 Å². The molecule has 0 saturated carbocycles. The summed E-state index contributed by atoms with van der Waals surface area (Å²) in [6.45, 7) is 6.59. The number of piperidine rings is 1. The Morgan fingerprint density at radius 1 is 1.41 bits per heavy atom. The third-order valence-electron chi connectivity index (χ3n) is 2.84. The van der Waals surface area contributed by atoms with Crippen LogP contribution in [0.5, 0.6) is 5.88 Å². The van der Waals surface area contributed by atoms with E-state index < -0.39 is 0 Å². The van der Waals surface area contributed by atoms with E-state index >= 15 is 0 Å². The fourth-order valence-electron chi connectivity index (χ4n) is 1.99. The molecule has 1 aromatic rings. The molecule has 0 aromatic carbocycles. The summed E-state index contributed by atoms with van der Waals surface area (Å²) < 4.78 is 5.45. The number of alkyl halides is 1. The SMILES string of the molecule is CCOc1cc(N2CCC(Br)CC2)nc(C)n1. The second kappa shape index (κ2) is 5.67. The van der Waals surface area contributed by atoms with Crippen LogP contribution >= 0.6 is 15.9 Å². The molecule has 1 saturated heterocycles. The first kappa shape index (κ1) is 12.6. The van der Waals surface area contributed by atoms with E-state index in [0.29, 0.717) is 17.3 Å². The van der Waals surface area contributed by atoms with Crippen LogP contribution in [0.4, 0.5) is 5.82 Å². The predicted octanol–water partition coefficient (Wildman–Crippen LogP) is 2.55. The van der Waals surface area contributed by atoms with Crippen molar-refractivity contribution >= 4 is 21.7 Å². The van der Waals surface area contributed by atoms with Crippen LogP contribution in [0, 0.1) is 6.92 Å². The summed E-state index contributed by atoms with van der Waals surface area (Å²) in [4.78, 5) is 11.7. The highest BCUT2D eigenvalue weighted by atomic mass is 79.9. The number of hydrogen-bond donors (Lipinski definition) is 0. The largest absolute Gasteiger partial charge is 0.478 e. The van der Waals surface area contributed by atoms with Crippen LogP contribution in [0.25, 0.3) is 0 Å². The summed E-state index contributed by atoms with van der Waals surface area (Å²) in [5.74, 6) is 2.43. The van der Waals surface area contributed by atoms with Gasteiger partial charge in [-0.25, -0.2) is 4.98 Å². The van der Waals surface area contributed by atoms with Crippen molar-refractivity contribution in [2.45, 2.75) is 31.5 Å². The van der Waals surface area contributed by atoms with Crippen LogP contribution in [-0.4, -0.2) is 34.5 Å². The van der Waals surface area contributed by atoms with E-state index in [1.807, 2.05) is 19.9 Å². The zero-order valence-electron chi connectivity index (χ0n) is 10.3. The fraction of sp³-hybridized carbons (Fsp3) is 0.667. The summed E-state index contributed by atoms with van der Waals surface area (Å²) in [5, 5.41) is 0. The molecule has 2 heterocycles. The van der Waals surface area contributed by atoms with Gasteiger partial charge < -0.3 is 9.64 Å². The lowest BCUT2D eigenvalue weighted by Gasteiger charge is -2.30. The molecule has 94 valence electrons. The van der Waals surface area contributed by atoms with Crippen LogP contribution in [0.2, 0.25) is 0 Å². The number of hydrogen-bond acceptors (Lipinski definition) is 4. The minimum atomic E-state index is 0.638. The lowest BCUT2D eigenvalue weighted by molar-refractivity contribution is 0.325. The van der Waals surface area contributed by atoms with Gasteiger partial charge in [0, 0.05) is 24.0 Å². The van der Waals surface area contributed by atoms with Gasteiger partial charge >= 0.3 is 0 Å². The van der Waals surface area contributed by atoms with Crippen molar-refractivity contribution in [1.29, 1.82) is 0 Å². The smallest absolute Gasteiger partial charge is 0.218 e. The molecule has 0 N–H and O–H groups in total. The number of halogens is 1. The second-order valence-corrected chi connectivity index (χ2v) is 5.50. The van der Waals surface area contributed by atoms with E-state index in [1.54, 1.807) is 0 Å². The topological polar surface area (TPSA) is 38.2 Å². The molecule has 0 atom stereocenters. The molecule has 4 nitrogen and oxygen atoms in total. The van der Waals surface area contributed by atoms with Gasteiger partial charge in [-0.15, -0.1) is 0 Å². The molecule has 0 amide bonds.